The van der Waals surface area contributed by atoms with Gasteiger partial charge >= 0.3 is 11.9 Å². The highest BCUT2D eigenvalue weighted by atomic mass is 16.7. The molecular weight excluding hydrogens is 298 g/mol. The number of aromatic carboxylic acids is 1. The molecule has 9 nitrogen and oxygen atoms in total. The van der Waals surface area contributed by atoms with Crippen molar-refractivity contribution in [2.75, 3.05) is 28.4 Å². The Bertz CT molecular complexity index is 617. The number of carboxylic acid groups (broad SMARTS) is 1. The van der Waals surface area contributed by atoms with E-state index in [0.717, 1.165) is 25.0 Å². The molecule has 0 unspecified atom stereocenters. The molecule has 1 N–H and O–H groups in total. The summed E-state index contributed by atoms with van der Waals surface area (Å²) >= 11 is 0. The van der Waals surface area contributed by atoms with Crippen LogP contribution in [-0.4, -0.2) is 56.3 Å². The Morgan fingerprint density at radius 3 is 2.23 bits per heavy atom. The molecule has 122 valence electrons. The number of nitrogens with zero attached hydrogens (tertiary/aromatic N) is 1. The zero-order valence-corrected chi connectivity index (χ0v) is 12.6. The molecule has 1 heterocycles. The van der Waals surface area contributed by atoms with Gasteiger partial charge in [0.05, 0.1) is 20.8 Å². The van der Waals surface area contributed by atoms with E-state index in [1.165, 1.54) is 14.2 Å². The van der Waals surface area contributed by atoms with Crippen LogP contribution in [0.4, 0.5) is 0 Å². The van der Waals surface area contributed by atoms with Crippen LogP contribution in [0.2, 0.25) is 0 Å². The van der Waals surface area contributed by atoms with E-state index in [1.54, 1.807) is 0 Å². The number of ether oxygens (including phenoxy) is 4. The summed E-state index contributed by atoms with van der Waals surface area (Å²) in [5.74, 6) is -2.77. The fourth-order valence-corrected chi connectivity index (χ4v) is 1.85. The van der Waals surface area contributed by atoms with Crippen LogP contribution in [-0.2, 0) is 20.8 Å². The van der Waals surface area contributed by atoms with Crippen LogP contribution < -0.4 is 10.2 Å². The number of aromatic nitrogens is 1. The second-order valence-electron chi connectivity index (χ2n) is 4.10. The molecule has 0 aliphatic rings. The number of carboxylic acids is 1. The fraction of sp³-hybridized carbons (Fsp3) is 0.462. The fourth-order valence-electron chi connectivity index (χ4n) is 1.85. The molecule has 0 radical (unpaired) electrons. The van der Waals surface area contributed by atoms with E-state index in [4.69, 9.17) is 14.2 Å². The topological polar surface area (TPSA) is 113 Å². The molecule has 1 rings (SSSR count). The molecule has 0 atom stereocenters. The summed E-state index contributed by atoms with van der Waals surface area (Å²) in [5.41, 5.74) is -1.64. The average Bonchev–Trinajstić information content (AvgIpc) is 2.51. The van der Waals surface area contributed by atoms with E-state index in [2.05, 4.69) is 4.74 Å². The van der Waals surface area contributed by atoms with Crippen molar-refractivity contribution in [3.8, 4) is 5.75 Å². The van der Waals surface area contributed by atoms with Crippen LogP contribution in [0.5, 0.6) is 5.75 Å². The van der Waals surface area contributed by atoms with Gasteiger partial charge in [0.1, 0.15) is 5.56 Å². The molecule has 0 aromatic carbocycles. The van der Waals surface area contributed by atoms with Gasteiger partial charge in [0.25, 0.3) is 0 Å². The van der Waals surface area contributed by atoms with Crippen LogP contribution in [0.1, 0.15) is 20.8 Å². The molecular formula is C13H17NO8. The second-order valence-corrected chi connectivity index (χ2v) is 4.10. The zero-order chi connectivity index (χ0) is 16.9. The van der Waals surface area contributed by atoms with E-state index in [1.807, 2.05) is 0 Å². The van der Waals surface area contributed by atoms with E-state index >= 15 is 0 Å². The molecule has 9 heteroatoms. The van der Waals surface area contributed by atoms with Gasteiger partial charge in [-0.3, -0.25) is 4.79 Å². The van der Waals surface area contributed by atoms with Gasteiger partial charge in [-0.25, -0.2) is 9.59 Å². The third-order valence-electron chi connectivity index (χ3n) is 2.92. The smallest absolute Gasteiger partial charge is 0.356 e. The molecule has 22 heavy (non-hydrogen) atoms. The predicted octanol–water partition coefficient (Wildman–Crippen LogP) is -0.0394. The standard InChI is InChI=1S/C13H17NO8/c1-19-8(20-2)6-14-5-7(13(18)22-4)10(15)11(21-3)9(14)12(16)17/h5,8H,6H2,1-4H3,(H,16,17). The first kappa shape index (κ1) is 17.7. The molecule has 0 fully saturated rings. The van der Waals surface area contributed by atoms with Crippen molar-refractivity contribution in [2.24, 2.45) is 0 Å². The number of carbonyl (C=O) groups is 2. The maximum atomic E-state index is 12.1. The Labute approximate surface area is 126 Å². The first-order chi connectivity index (χ1) is 10.4. The largest absolute Gasteiger partial charge is 0.491 e. The number of methoxy groups -OCH3 is 4. The quantitative estimate of drug-likeness (QED) is 0.551. The minimum atomic E-state index is -1.39. The Balaban J connectivity index is 3.60. The third kappa shape index (κ3) is 3.43. The van der Waals surface area contributed by atoms with Gasteiger partial charge in [0.2, 0.25) is 5.43 Å². The van der Waals surface area contributed by atoms with Crippen LogP contribution in [0.3, 0.4) is 0 Å². The lowest BCUT2D eigenvalue weighted by Gasteiger charge is -2.19. The minimum Gasteiger partial charge on any atom is -0.491 e. The van der Waals surface area contributed by atoms with Gasteiger partial charge in [-0.15, -0.1) is 0 Å². The number of pyridine rings is 1. The van der Waals surface area contributed by atoms with Gasteiger partial charge in [-0.1, -0.05) is 0 Å². The molecule has 0 saturated heterocycles. The van der Waals surface area contributed by atoms with Crippen molar-refractivity contribution in [3.05, 3.63) is 27.7 Å². The van der Waals surface area contributed by atoms with Crippen LogP contribution in [0.15, 0.2) is 11.0 Å². The lowest BCUT2D eigenvalue weighted by molar-refractivity contribution is -0.111. The molecule has 0 saturated carbocycles. The van der Waals surface area contributed by atoms with Gasteiger partial charge in [-0.2, -0.15) is 0 Å². The highest BCUT2D eigenvalue weighted by Crippen LogP contribution is 2.17. The van der Waals surface area contributed by atoms with E-state index in [-0.39, 0.29) is 12.1 Å². The number of rotatable bonds is 7. The number of hydrogen-bond acceptors (Lipinski definition) is 7. The molecule has 0 amide bonds. The molecule has 0 aliphatic heterocycles. The van der Waals surface area contributed by atoms with Crippen molar-refractivity contribution in [1.29, 1.82) is 0 Å². The zero-order valence-electron chi connectivity index (χ0n) is 12.6. The average molecular weight is 315 g/mol. The monoisotopic (exact) mass is 315 g/mol. The van der Waals surface area contributed by atoms with Crippen molar-refractivity contribution >= 4 is 11.9 Å². The van der Waals surface area contributed by atoms with Crippen molar-refractivity contribution in [3.63, 3.8) is 0 Å². The third-order valence-corrected chi connectivity index (χ3v) is 2.92. The summed E-state index contributed by atoms with van der Waals surface area (Å²) in [6.07, 6.45) is 0.293. The first-order valence-corrected chi connectivity index (χ1v) is 6.09. The normalized spacial score (nSPS) is 10.6. The number of carbonyl (C=O) groups excluding carboxylic acids is 1. The number of esters is 1. The Morgan fingerprint density at radius 2 is 1.82 bits per heavy atom. The number of hydrogen-bond donors (Lipinski definition) is 1. The Hall–Kier alpha value is -2.39. The van der Waals surface area contributed by atoms with Crippen LogP contribution in [0, 0.1) is 0 Å². The molecule has 1 aromatic rings. The Kier molecular flexibility index (Phi) is 6.08. The first-order valence-electron chi connectivity index (χ1n) is 6.09. The summed E-state index contributed by atoms with van der Waals surface area (Å²) in [5, 5.41) is 9.31. The van der Waals surface area contributed by atoms with Gasteiger partial charge < -0.3 is 28.6 Å². The summed E-state index contributed by atoms with van der Waals surface area (Å²) < 4.78 is 20.5. The highest BCUT2D eigenvalue weighted by Gasteiger charge is 2.26. The van der Waals surface area contributed by atoms with Crippen LogP contribution >= 0.6 is 0 Å². The summed E-state index contributed by atoms with van der Waals surface area (Å²) in [6.45, 7) is -0.0741. The van der Waals surface area contributed by atoms with Gasteiger partial charge in [0, 0.05) is 20.4 Å². The summed E-state index contributed by atoms with van der Waals surface area (Å²) in [4.78, 5) is 35.2. The van der Waals surface area contributed by atoms with Crippen LogP contribution in [0.25, 0.3) is 0 Å². The van der Waals surface area contributed by atoms with E-state index in [0.29, 0.717) is 0 Å². The van der Waals surface area contributed by atoms with Crippen molar-refractivity contribution in [2.45, 2.75) is 12.8 Å². The lowest BCUT2D eigenvalue weighted by atomic mass is 10.2. The molecule has 0 aliphatic carbocycles. The second kappa shape index (κ2) is 7.57. The summed E-state index contributed by atoms with van der Waals surface area (Å²) in [6, 6.07) is 0. The maximum absolute atomic E-state index is 12.1. The minimum absolute atomic E-state index is 0.0741. The Morgan fingerprint density at radius 1 is 1.23 bits per heavy atom. The van der Waals surface area contributed by atoms with E-state index < -0.39 is 35.1 Å². The lowest BCUT2D eigenvalue weighted by Crippen LogP contribution is -2.29. The predicted molar refractivity (Wildman–Crippen MR) is 73.4 cm³/mol. The van der Waals surface area contributed by atoms with Crippen molar-refractivity contribution in [1.82, 2.24) is 4.57 Å². The molecule has 0 bridgehead atoms. The maximum Gasteiger partial charge on any atom is 0.356 e. The molecule has 1 aromatic heterocycles. The highest BCUT2D eigenvalue weighted by molar-refractivity contribution is 5.93. The molecule has 0 spiro atoms. The van der Waals surface area contributed by atoms with Crippen molar-refractivity contribution < 1.29 is 33.6 Å². The van der Waals surface area contributed by atoms with Gasteiger partial charge in [-0.05, 0) is 0 Å². The summed E-state index contributed by atoms with van der Waals surface area (Å²) in [7, 11) is 4.99. The van der Waals surface area contributed by atoms with E-state index in [9.17, 15) is 19.5 Å². The van der Waals surface area contributed by atoms with Gasteiger partial charge in [0.15, 0.2) is 17.7 Å². The SMILES string of the molecule is COC(=O)c1cn(CC(OC)OC)c(C(=O)O)c(OC)c1=O.